The van der Waals surface area contributed by atoms with Crippen molar-refractivity contribution in [3.63, 3.8) is 0 Å². The van der Waals surface area contributed by atoms with Crippen LogP contribution in [-0.4, -0.2) is 16.2 Å². The molecular weight excluding hydrogens is 227 g/mol. The first-order valence-corrected chi connectivity index (χ1v) is 4.52. The molecule has 0 amide bonds. The summed E-state index contributed by atoms with van der Waals surface area (Å²) in [5.41, 5.74) is -1.82. The molecule has 1 rings (SSSR count). The first-order valence-electron chi connectivity index (χ1n) is 3.76. The number of aliphatic carboxylic acids is 1. The van der Waals surface area contributed by atoms with Gasteiger partial charge < -0.3 is 10.2 Å². The van der Waals surface area contributed by atoms with Crippen LogP contribution in [0.3, 0.4) is 0 Å². The predicted octanol–water partition coefficient (Wildman–Crippen LogP) is 2.29. The van der Waals surface area contributed by atoms with E-state index in [2.05, 4.69) is 0 Å². The monoisotopic (exact) mass is 234 g/mol. The molecule has 0 heterocycles. The highest BCUT2D eigenvalue weighted by Gasteiger charge is 2.32. The van der Waals surface area contributed by atoms with Gasteiger partial charge in [-0.05, 0) is 30.7 Å². The fraction of sp³-hybridized carbons (Fsp3) is 0.222. The molecule has 0 aliphatic heterocycles. The molecule has 1 unspecified atom stereocenters. The summed E-state index contributed by atoms with van der Waals surface area (Å²) < 4.78 is 0. The molecule has 5 heteroatoms. The third kappa shape index (κ3) is 2.18. The van der Waals surface area contributed by atoms with Crippen LogP contribution in [0, 0.1) is 0 Å². The van der Waals surface area contributed by atoms with Gasteiger partial charge in [-0.3, -0.25) is 0 Å². The normalized spacial score (nSPS) is 14.9. The molecule has 1 aromatic rings. The van der Waals surface area contributed by atoms with Crippen LogP contribution in [0.1, 0.15) is 12.5 Å². The minimum Gasteiger partial charge on any atom is -0.479 e. The molecular formula is C9H8Cl2O3. The Balaban J connectivity index is 3.25. The molecule has 0 aliphatic rings. The second-order valence-electron chi connectivity index (χ2n) is 3.04. The van der Waals surface area contributed by atoms with Crippen molar-refractivity contribution in [2.75, 3.05) is 0 Å². The Labute approximate surface area is 90.9 Å². The average Bonchev–Trinajstić information content (AvgIpc) is 2.01. The maximum Gasteiger partial charge on any atom is 0.340 e. The molecule has 1 aromatic carbocycles. The highest BCUT2D eigenvalue weighted by Crippen LogP contribution is 2.27. The summed E-state index contributed by atoms with van der Waals surface area (Å²) in [6.45, 7) is 1.16. The summed E-state index contributed by atoms with van der Waals surface area (Å²) >= 11 is 11.3. The summed E-state index contributed by atoms with van der Waals surface area (Å²) in [4.78, 5) is 10.7. The molecule has 0 radical (unpaired) electrons. The van der Waals surface area contributed by atoms with Crippen LogP contribution in [0.2, 0.25) is 10.0 Å². The van der Waals surface area contributed by atoms with Gasteiger partial charge in [0.05, 0.1) is 0 Å². The van der Waals surface area contributed by atoms with Crippen molar-refractivity contribution < 1.29 is 15.0 Å². The van der Waals surface area contributed by atoms with Crippen LogP contribution in [0.15, 0.2) is 18.2 Å². The lowest BCUT2D eigenvalue weighted by molar-refractivity contribution is -0.157. The first kappa shape index (κ1) is 11.3. The van der Waals surface area contributed by atoms with Gasteiger partial charge in [0.1, 0.15) is 0 Å². The van der Waals surface area contributed by atoms with Crippen molar-refractivity contribution in [3.8, 4) is 0 Å². The lowest BCUT2D eigenvalue weighted by Gasteiger charge is -2.18. The summed E-state index contributed by atoms with van der Waals surface area (Å²) in [6.07, 6.45) is 0. The minimum atomic E-state index is -1.98. The fourth-order valence-electron chi connectivity index (χ4n) is 0.958. The molecule has 0 aromatic heterocycles. The van der Waals surface area contributed by atoms with E-state index < -0.39 is 11.6 Å². The van der Waals surface area contributed by atoms with Gasteiger partial charge in [-0.25, -0.2) is 4.79 Å². The number of aliphatic hydroxyl groups is 1. The van der Waals surface area contributed by atoms with Gasteiger partial charge >= 0.3 is 5.97 Å². The number of carboxylic acids is 1. The number of hydrogen-bond donors (Lipinski definition) is 2. The van der Waals surface area contributed by atoms with Crippen LogP contribution < -0.4 is 0 Å². The quantitative estimate of drug-likeness (QED) is 0.826. The van der Waals surface area contributed by atoms with E-state index in [0.29, 0.717) is 0 Å². The van der Waals surface area contributed by atoms with E-state index in [4.69, 9.17) is 28.3 Å². The Bertz CT molecular complexity index is 354. The smallest absolute Gasteiger partial charge is 0.340 e. The number of hydrogen-bond acceptors (Lipinski definition) is 2. The van der Waals surface area contributed by atoms with Gasteiger partial charge in [0.25, 0.3) is 0 Å². The molecule has 0 fully saturated rings. The molecule has 2 N–H and O–H groups in total. The molecule has 0 bridgehead atoms. The zero-order valence-electron chi connectivity index (χ0n) is 7.29. The number of carbonyl (C=O) groups is 1. The van der Waals surface area contributed by atoms with E-state index in [1.165, 1.54) is 18.2 Å². The van der Waals surface area contributed by atoms with Crippen LogP contribution in [0.4, 0.5) is 0 Å². The van der Waals surface area contributed by atoms with Gasteiger partial charge in [-0.1, -0.05) is 23.2 Å². The van der Waals surface area contributed by atoms with Gasteiger partial charge in [0, 0.05) is 10.0 Å². The van der Waals surface area contributed by atoms with E-state index in [1.807, 2.05) is 0 Å². The molecule has 0 saturated heterocycles. The number of halogens is 2. The molecule has 0 spiro atoms. The van der Waals surface area contributed by atoms with Gasteiger partial charge in [0.2, 0.25) is 0 Å². The van der Waals surface area contributed by atoms with Crippen LogP contribution in [0.5, 0.6) is 0 Å². The van der Waals surface area contributed by atoms with E-state index in [1.54, 1.807) is 0 Å². The van der Waals surface area contributed by atoms with Gasteiger partial charge in [-0.2, -0.15) is 0 Å². The Morgan fingerprint density at radius 1 is 1.29 bits per heavy atom. The summed E-state index contributed by atoms with van der Waals surface area (Å²) in [6, 6.07) is 4.19. The number of rotatable bonds is 2. The van der Waals surface area contributed by atoms with Crippen molar-refractivity contribution in [2.24, 2.45) is 0 Å². The van der Waals surface area contributed by atoms with Crippen molar-refractivity contribution in [1.82, 2.24) is 0 Å². The Kier molecular flexibility index (Phi) is 3.04. The Hall–Kier alpha value is -0.770. The maximum absolute atomic E-state index is 10.7. The van der Waals surface area contributed by atoms with E-state index in [0.717, 1.165) is 6.92 Å². The highest BCUT2D eigenvalue weighted by molar-refractivity contribution is 6.34. The number of carboxylic acid groups (broad SMARTS) is 1. The summed E-state index contributed by atoms with van der Waals surface area (Å²) in [5, 5.41) is 18.9. The molecule has 0 aliphatic carbocycles. The largest absolute Gasteiger partial charge is 0.479 e. The van der Waals surface area contributed by atoms with Crippen molar-refractivity contribution in [3.05, 3.63) is 33.8 Å². The van der Waals surface area contributed by atoms with Crippen molar-refractivity contribution in [2.45, 2.75) is 12.5 Å². The molecule has 1 atom stereocenters. The standard InChI is InChI=1S/C9H8Cl2O3/c1-9(14,8(12)13)5-2-6(10)4-7(11)3-5/h2-4,14H,1H3,(H,12,13). The lowest BCUT2D eigenvalue weighted by Crippen LogP contribution is -2.31. The zero-order chi connectivity index (χ0) is 10.9. The van der Waals surface area contributed by atoms with Crippen LogP contribution in [0.25, 0.3) is 0 Å². The summed E-state index contributed by atoms with van der Waals surface area (Å²) in [7, 11) is 0. The summed E-state index contributed by atoms with van der Waals surface area (Å²) in [5.74, 6) is -1.35. The van der Waals surface area contributed by atoms with E-state index in [9.17, 15) is 9.90 Å². The third-order valence-electron chi connectivity index (χ3n) is 1.84. The van der Waals surface area contributed by atoms with Crippen molar-refractivity contribution >= 4 is 29.2 Å². The van der Waals surface area contributed by atoms with E-state index >= 15 is 0 Å². The van der Waals surface area contributed by atoms with Crippen LogP contribution in [-0.2, 0) is 10.4 Å². The minimum absolute atomic E-state index is 0.155. The van der Waals surface area contributed by atoms with Gasteiger partial charge in [0.15, 0.2) is 5.60 Å². The second kappa shape index (κ2) is 3.77. The Morgan fingerprint density at radius 3 is 2.07 bits per heavy atom. The lowest BCUT2D eigenvalue weighted by atomic mass is 9.96. The number of benzene rings is 1. The Morgan fingerprint density at radius 2 is 1.71 bits per heavy atom. The zero-order valence-corrected chi connectivity index (χ0v) is 8.80. The SMILES string of the molecule is CC(O)(C(=O)O)c1cc(Cl)cc(Cl)c1. The maximum atomic E-state index is 10.7. The van der Waals surface area contributed by atoms with Crippen LogP contribution >= 0.6 is 23.2 Å². The first-order chi connectivity index (χ1) is 6.34. The fourth-order valence-corrected chi connectivity index (χ4v) is 1.48. The molecule has 76 valence electrons. The average molecular weight is 235 g/mol. The van der Waals surface area contributed by atoms with Crippen molar-refractivity contribution in [1.29, 1.82) is 0 Å². The predicted molar refractivity (Wildman–Crippen MR) is 53.7 cm³/mol. The third-order valence-corrected chi connectivity index (χ3v) is 2.28. The molecule has 0 saturated carbocycles. The molecule has 3 nitrogen and oxygen atoms in total. The highest BCUT2D eigenvalue weighted by atomic mass is 35.5. The van der Waals surface area contributed by atoms with Gasteiger partial charge in [-0.15, -0.1) is 0 Å². The topological polar surface area (TPSA) is 57.5 Å². The second-order valence-corrected chi connectivity index (χ2v) is 3.91. The molecule has 14 heavy (non-hydrogen) atoms. The van der Waals surface area contributed by atoms with E-state index in [-0.39, 0.29) is 15.6 Å².